The molecule has 4 rings (SSSR count). The van der Waals surface area contributed by atoms with Crippen LogP contribution in [-0.2, 0) is 20.8 Å². The smallest absolute Gasteiger partial charge is 0.212 e. The summed E-state index contributed by atoms with van der Waals surface area (Å²) in [5.41, 5.74) is 1.87. The molecule has 0 saturated carbocycles. The SMILES string of the molecule is CC1(C)O[C@@H]2[C@@H](CO[C@](O)(CNc3ccc(OCc4ccccc4)cc3)[C@H]2O)O1. The first-order chi connectivity index (χ1) is 13.8. The van der Waals surface area contributed by atoms with Gasteiger partial charge in [-0.05, 0) is 43.7 Å². The van der Waals surface area contributed by atoms with Gasteiger partial charge < -0.3 is 34.5 Å². The molecule has 0 aromatic heterocycles. The van der Waals surface area contributed by atoms with Crippen molar-refractivity contribution in [3.8, 4) is 5.75 Å². The van der Waals surface area contributed by atoms with Gasteiger partial charge in [-0.2, -0.15) is 0 Å². The average molecular weight is 401 g/mol. The van der Waals surface area contributed by atoms with Crippen molar-refractivity contribution >= 4 is 5.69 Å². The number of aliphatic hydroxyl groups excluding tert-OH is 1. The molecule has 0 amide bonds. The van der Waals surface area contributed by atoms with E-state index in [-0.39, 0.29) is 13.2 Å². The first-order valence-electron chi connectivity index (χ1n) is 9.75. The molecule has 2 saturated heterocycles. The maximum Gasteiger partial charge on any atom is 0.212 e. The number of rotatable bonds is 6. The molecule has 7 nitrogen and oxygen atoms in total. The lowest BCUT2D eigenvalue weighted by molar-refractivity contribution is -0.298. The van der Waals surface area contributed by atoms with Crippen LogP contribution in [0, 0.1) is 0 Å². The van der Waals surface area contributed by atoms with Gasteiger partial charge in [0.25, 0.3) is 0 Å². The van der Waals surface area contributed by atoms with Crippen molar-refractivity contribution in [2.45, 2.75) is 50.3 Å². The van der Waals surface area contributed by atoms with Crippen molar-refractivity contribution in [1.29, 1.82) is 0 Å². The molecule has 7 heteroatoms. The Morgan fingerprint density at radius 1 is 1.07 bits per heavy atom. The fraction of sp³-hybridized carbons (Fsp3) is 0.455. The highest BCUT2D eigenvalue weighted by Gasteiger charge is 2.56. The minimum Gasteiger partial charge on any atom is -0.489 e. The van der Waals surface area contributed by atoms with Gasteiger partial charge in [0.05, 0.1) is 13.2 Å². The van der Waals surface area contributed by atoms with Crippen molar-refractivity contribution in [2.75, 3.05) is 18.5 Å². The molecule has 3 N–H and O–H groups in total. The van der Waals surface area contributed by atoms with Crippen LogP contribution in [0.1, 0.15) is 19.4 Å². The number of nitrogens with one attached hydrogen (secondary N) is 1. The lowest BCUT2D eigenvalue weighted by Crippen LogP contribution is -2.62. The molecule has 2 heterocycles. The second kappa shape index (κ2) is 7.93. The van der Waals surface area contributed by atoms with Gasteiger partial charge in [0.1, 0.15) is 30.7 Å². The van der Waals surface area contributed by atoms with Crippen LogP contribution in [0.5, 0.6) is 5.75 Å². The van der Waals surface area contributed by atoms with Crippen molar-refractivity contribution in [1.82, 2.24) is 0 Å². The second-order valence-electron chi connectivity index (χ2n) is 7.89. The van der Waals surface area contributed by atoms with E-state index in [1.807, 2.05) is 54.6 Å². The summed E-state index contributed by atoms with van der Waals surface area (Å²) in [4.78, 5) is 0. The quantitative estimate of drug-likeness (QED) is 0.684. The van der Waals surface area contributed by atoms with E-state index >= 15 is 0 Å². The summed E-state index contributed by atoms with van der Waals surface area (Å²) in [6, 6.07) is 17.3. The molecule has 2 aromatic carbocycles. The predicted octanol–water partition coefficient (Wildman–Crippen LogP) is 2.28. The third kappa shape index (κ3) is 4.55. The van der Waals surface area contributed by atoms with Crippen LogP contribution in [-0.4, -0.2) is 53.3 Å². The normalized spacial score (nSPS) is 30.6. The molecule has 0 bridgehead atoms. The van der Waals surface area contributed by atoms with E-state index in [4.69, 9.17) is 18.9 Å². The molecule has 156 valence electrons. The first kappa shape index (κ1) is 20.1. The predicted molar refractivity (Wildman–Crippen MR) is 106 cm³/mol. The summed E-state index contributed by atoms with van der Waals surface area (Å²) in [7, 11) is 0. The van der Waals surface area contributed by atoms with Crippen molar-refractivity contribution in [3.05, 3.63) is 60.2 Å². The molecule has 0 aliphatic carbocycles. The maximum atomic E-state index is 10.8. The van der Waals surface area contributed by atoms with Crippen LogP contribution in [0.25, 0.3) is 0 Å². The molecule has 29 heavy (non-hydrogen) atoms. The van der Waals surface area contributed by atoms with Crippen molar-refractivity contribution in [3.63, 3.8) is 0 Å². The summed E-state index contributed by atoms with van der Waals surface area (Å²) >= 11 is 0. The molecule has 4 atom stereocenters. The fourth-order valence-corrected chi connectivity index (χ4v) is 3.62. The molecule has 2 fully saturated rings. The van der Waals surface area contributed by atoms with Crippen LogP contribution < -0.4 is 10.1 Å². The van der Waals surface area contributed by atoms with Gasteiger partial charge in [0.15, 0.2) is 5.79 Å². The van der Waals surface area contributed by atoms with Gasteiger partial charge in [-0.15, -0.1) is 0 Å². The zero-order valence-electron chi connectivity index (χ0n) is 16.6. The number of anilines is 1. The fourth-order valence-electron chi connectivity index (χ4n) is 3.62. The maximum absolute atomic E-state index is 10.8. The molecule has 2 aliphatic heterocycles. The Hall–Kier alpha value is -2.16. The number of aliphatic hydroxyl groups is 2. The zero-order valence-corrected chi connectivity index (χ0v) is 16.6. The molecule has 0 spiro atoms. The van der Waals surface area contributed by atoms with Crippen molar-refractivity contribution in [2.24, 2.45) is 0 Å². The lowest BCUT2D eigenvalue weighted by Gasteiger charge is -2.41. The Morgan fingerprint density at radius 3 is 2.52 bits per heavy atom. The van der Waals surface area contributed by atoms with Crippen molar-refractivity contribution < 1.29 is 29.2 Å². The van der Waals surface area contributed by atoms with E-state index in [1.165, 1.54) is 0 Å². The standard InChI is InChI=1S/C22H27NO6/c1-21(2)28-18-13-27-22(25,20(24)19(18)29-21)14-23-16-8-10-17(11-9-16)26-12-15-6-4-3-5-7-15/h3-11,18-20,23-25H,12-14H2,1-2H3/t18-,19-,20+,22-/m1/s1. The topological polar surface area (TPSA) is 89.4 Å². The molecule has 2 aromatic rings. The molecule has 0 radical (unpaired) electrons. The Bertz CT molecular complexity index is 812. The minimum absolute atomic E-state index is 0.00535. The van der Waals surface area contributed by atoms with Gasteiger partial charge >= 0.3 is 0 Å². The van der Waals surface area contributed by atoms with Gasteiger partial charge in [-0.1, -0.05) is 30.3 Å². The van der Waals surface area contributed by atoms with Gasteiger partial charge in [0.2, 0.25) is 5.79 Å². The first-order valence-corrected chi connectivity index (χ1v) is 9.75. The van der Waals surface area contributed by atoms with E-state index in [0.29, 0.717) is 6.61 Å². The lowest BCUT2D eigenvalue weighted by atomic mass is 9.97. The molecule has 2 aliphatic rings. The Morgan fingerprint density at radius 2 is 1.79 bits per heavy atom. The highest BCUT2D eigenvalue weighted by Crippen LogP contribution is 2.37. The van der Waals surface area contributed by atoms with Crippen LogP contribution in [0.4, 0.5) is 5.69 Å². The minimum atomic E-state index is -1.77. The highest BCUT2D eigenvalue weighted by atomic mass is 16.8. The third-order valence-electron chi connectivity index (χ3n) is 5.14. The van der Waals surface area contributed by atoms with E-state index in [1.54, 1.807) is 13.8 Å². The largest absolute Gasteiger partial charge is 0.489 e. The monoisotopic (exact) mass is 401 g/mol. The zero-order chi connectivity index (χ0) is 20.5. The number of benzene rings is 2. The van der Waals surface area contributed by atoms with E-state index < -0.39 is 29.9 Å². The highest BCUT2D eigenvalue weighted by molar-refractivity contribution is 5.46. The second-order valence-corrected chi connectivity index (χ2v) is 7.89. The van der Waals surface area contributed by atoms with Gasteiger partial charge in [0, 0.05) is 5.69 Å². The Kier molecular flexibility index (Phi) is 5.50. The van der Waals surface area contributed by atoms with Crippen LogP contribution >= 0.6 is 0 Å². The van der Waals surface area contributed by atoms with Crippen LogP contribution in [0.3, 0.4) is 0 Å². The number of hydrogen-bond donors (Lipinski definition) is 3. The summed E-state index contributed by atoms with van der Waals surface area (Å²) in [6.45, 7) is 4.20. The molecular weight excluding hydrogens is 374 g/mol. The van der Waals surface area contributed by atoms with Gasteiger partial charge in [-0.25, -0.2) is 0 Å². The molecule has 0 unspecified atom stereocenters. The number of ether oxygens (including phenoxy) is 4. The summed E-state index contributed by atoms with van der Waals surface area (Å²) < 4.78 is 22.7. The average Bonchev–Trinajstić information content (AvgIpc) is 3.04. The Labute approximate surface area is 170 Å². The van der Waals surface area contributed by atoms with Gasteiger partial charge in [-0.3, -0.25) is 0 Å². The van der Waals surface area contributed by atoms with E-state index in [9.17, 15) is 10.2 Å². The van der Waals surface area contributed by atoms with E-state index in [2.05, 4.69) is 5.32 Å². The molecular formula is C22H27NO6. The summed E-state index contributed by atoms with van der Waals surface area (Å²) in [5.74, 6) is -1.84. The Balaban J connectivity index is 1.31. The summed E-state index contributed by atoms with van der Waals surface area (Å²) in [6.07, 6.45) is -2.27. The van der Waals surface area contributed by atoms with Crippen LogP contribution in [0.2, 0.25) is 0 Å². The van der Waals surface area contributed by atoms with E-state index in [0.717, 1.165) is 17.0 Å². The number of fused-ring (bicyclic) bond motifs is 1. The summed E-state index contributed by atoms with van der Waals surface area (Å²) in [5, 5.41) is 24.5. The van der Waals surface area contributed by atoms with Crippen LogP contribution in [0.15, 0.2) is 54.6 Å². The number of hydrogen-bond acceptors (Lipinski definition) is 7. The third-order valence-corrected chi connectivity index (χ3v) is 5.14.